The van der Waals surface area contributed by atoms with Gasteiger partial charge in [0.05, 0.1) is 5.52 Å². The second-order valence-corrected chi connectivity index (χ2v) is 7.37. The molecular formula is C22H25NO9. The van der Waals surface area contributed by atoms with Crippen molar-refractivity contribution in [1.82, 2.24) is 4.57 Å². The van der Waals surface area contributed by atoms with Crippen LogP contribution in [0.25, 0.3) is 10.9 Å². The number of aromatic nitrogens is 1. The smallest absolute Gasteiger partial charge is 0.303 e. The Morgan fingerprint density at radius 2 is 1.41 bits per heavy atom. The van der Waals surface area contributed by atoms with Crippen LogP contribution in [0.15, 0.2) is 36.5 Å². The van der Waals surface area contributed by atoms with Crippen molar-refractivity contribution in [3.8, 4) is 0 Å². The monoisotopic (exact) mass is 447 g/mol. The predicted molar refractivity (Wildman–Crippen MR) is 109 cm³/mol. The highest BCUT2D eigenvalue weighted by atomic mass is 16.7. The fraction of sp³-hybridized carbons (Fsp3) is 0.455. The summed E-state index contributed by atoms with van der Waals surface area (Å²) in [6.45, 7) is 4.53. The summed E-state index contributed by atoms with van der Waals surface area (Å²) in [7, 11) is 0. The molecule has 1 saturated heterocycles. The molecule has 0 saturated carbocycles. The molecule has 0 N–H and O–H groups in total. The van der Waals surface area contributed by atoms with Crippen LogP contribution in [0, 0.1) is 0 Å². The molecule has 10 nitrogen and oxygen atoms in total. The standard InChI is InChI=1S/C22H25NO9/c1-12(24)28-11-18-19(29-13(2)25)20(30-14(3)26)21(31-15(4)27)22(32-18)23-10-9-16-7-5-6-8-17(16)23/h5-10,18-22H,11H2,1-4H3/t18-,19+,20+,21+,22-/m0/s1. The summed E-state index contributed by atoms with van der Waals surface area (Å²) in [5, 5.41) is 0.903. The van der Waals surface area contributed by atoms with Crippen LogP contribution >= 0.6 is 0 Å². The number of hydrogen-bond donors (Lipinski definition) is 0. The first kappa shape index (κ1) is 23.3. The Labute approximate surface area is 184 Å². The molecule has 1 aliphatic heterocycles. The number of carbonyl (C=O) groups excluding carboxylic acids is 4. The summed E-state index contributed by atoms with van der Waals surface area (Å²) in [6.07, 6.45) is -3.75. The number of benzene rings is 1. The SMILES string of the molecule is CC(=O)OC[C@@H]1O[C@H](n2ccc3ccccc32)[C@H](OC(C)=O)[C@H](OC(C)=O)[C@@H]1OC(C)=O. The van der Waals surface area contributed by atoms with Crippen LogP contribution in [0.4, 0.5) is 0 Å². The molecule has 1 aliphatic rings. The lowest BCUT2D eigenvalue weighted by Gasteiger charge is -2.44. The predicted octanol–water partition coefficient (Wildman–Crippen LogP) is 1.90. The van der Waals surface area contributed by atoms with Crippen LogP contribution in [0.3, 0.4) is 0 Å². The van der Waals surface area contributed by atoms with Crippen LogP contribution in [0.2, 0.25) is 0 Å². The average molecular weight is 447 g/mol. The number of esters is 4. The molecule has 0 radical (unpaired) electrons. The van der Waals surface area contributed by atoms with E-state index in [1.54, 1.807) is 10.8 Å². The molecule has 0 unspecified atom stereocenters. The quantitative estimate of drug-likeness (QED) is 0.483. The van der Waals surface area contributed by atoms with Crippen LogP contribution in [0.5, 0.6) is 0 Å². The second-order valence-electron chi connectivity index (χ2n) is 7.37. The Kier molecular flexibility index (Phi) is 7.14. The summed E-state index contributed by atoms with van der Waals surface area (Å²) < 4.78 is 29.4. The fourth-order valence-corrected chi connectivity index (χ4v) is 3.76. The van der Waals surface area contributed by atoms with Crippen molar-refractivity contribution >= 4 is 34.8 Å². The van der Waals surface area contributed by atoms with Crippen molar-refractivity contribution in [1.29, 1.82) is 0 Å². The van der Waals surface area contributed by atoms with Gasteiger partial charge in [-0.3, -0.25) is 19.2 Å². The zero-order valence-electron chi connectivity index (χ0n) is 18.2. The van der Waals surface area contributed by atoms with Crippen molar-refractivity contribution in [2.45, 2.75) is 58.3 Å². The molecule has 5 atom stereocenters. The number of hydrogen-bond acceptors (Lipinski definition) is 9. The third kappa shape index (κ3) is 5.25. The molecular weight excluding hydrogens is 422 g/mol. The van der Waals surface area contributed by atoms with Gasteiger partial charge in [-0.2, -0.15) is 0 Å². The highest BCUT2D eigenvalue weighted by Gasteiger charge is 2.52. The lowest BCUT2D eigenvalue weighted by Crippen LogP contribution is -2.60. The number of rotatable bonds is 6. The van der Waals surface area contributed by atoms with Gasteiger partial charge in [-0.15, -0.1) is 0 Å². The zero-order chi connectivity index (χ0) is 23.4. The average Bonchev–Trinajstić information content (AvgIpc) is 3.12. The second kappa shape index (κ2) is 9.82. The van der Waals surface area contributed by atoms with E-state index in [1.165, 1.54) is 27.7 Å². The fourth-order valence-electron chi connectivity index (χ4n) is 3.76. The van der Waals surface area contributed by atoms with Gasteiger partial charge >= 0.3 is 23.9 Å². The van der Waals surface area contributed by atoms with Gasteiger partial charge in [0.15, 0.2) is 24.5 Å². The molecule has 0 aliphatic carbocycles. The van der Waals surface area contributed by atoms with E-state index in [4.69, 9.17) is 23.7 Å². The van der Waals surface area contributed by atoms with Gasteiger partial charge in [0.25, 0.3) is 0 Å². The number of nitrogens with zero attached hydrogens (tertiary/aromatic N) is 1. The molecule has 2 aromatic rings. The number of ether oxygens (including phenoxy) is 5. The van der Waals surface area contributed by atoms with Gasteiger partial charge in [-0.1, -0.05) is 18.2 Å². The lowest BCUT2D eigenvalue weighted by atomic mass is 9.97. The van der Waals surface area contributed by atoms with E-state index < -0.39 is 54.5 Å². The van der Waals surface area contributed by atoms with E-state index in [9.17, 15) is 19.2 Å². The van der Waals surface area contributed by atoms with Crippen molar-refractivity contribution in [2.75, 3.05) is 6.61 Å². The third-order valence-corrected chi connectivity index (χ3v) is 4.87. The summed E-state index contributed by atoms with van der Waals surface area (Å²) in [4.78, 5) is 47.1. The van der Waals surface area contributed by atoms with Crippen LogP contribution in [-0.4, -0.2) is 59.5 Å². The number of fused-ring (bicyclic) bond motifs is 1. The van der Waals surface area contributed by atoms with Gasteiger partial charge in [0.1, 0.15) is 12.7 Å². The molecule has 32 heavy (non-hydrogen) atoms. The molecule has 172 valence electrons. The Morgan fingerprint density at radius 1 is 0.812 bits per heavy atom. The van der Waals surface area contributed by atoms with E-state index in [1.807, 2.05) is 30.3 Å². The van der Waals surface area contributed by atoms with Gasteiger partial charge in [0.2, 0.25) is 0 Å². The number of carbonyl (C=O) groups is 4. The maximum atomic E-state index is 11.9. The van der Waals surface area contributed by atoms with Crippen LogP contribution in [-0.2, 0) is 42.9 Å². The first-order valence-electron chi connectivity index (χ1n) is 10.0. The molecule has 10 heteroatoms. The van der Waals surface area contributed by atoms with Gasteiger partial charge in [0, 0.05) is 33.9 Å². The summed E-state index contributed by atoms with van der Waals surface area (Å²) in [5.41, 5.74) is 0.772. The normalized spacial score (nSPS) is 25.1. The van der Waals surface area contributed by atoms with Crippen molar-refractivity contribution in [3.63, 3.8) is 0 Å². The molecule has 1 aromatic heterocycles. The minimum Gasteiger partial charge on any atom is -0.463 e. The highest BCUT2D eigenvalue weighted by Crippen LogP contribution is 2.36. The van der Waals surface area contributed by atoms with Crippen molar-refractivity contribution in [2.24, 2.45) is 0 Å². The topological polar surface area (TPSA) is 119 Å². The van der Waals surface area contributed by atoms with E-state index in [0.717, 1.165) is 10.9 Å². The Hall–Kier alpha value is -3.40. The lowest BCUT2D eigenvalue weighted by molar-refractivity contribution is -0.267. The Balaban J connectivity index is 2.10. The number of para-hydroxylation sites is 1. The third-order valence-electron chi connectivity index (χ3n) is 4.87. The van der Waals surface area contributed by atoms with Crippen molar-refractivity contribution in [3.05, 3.63) is 36.5 Å². The first-order valence-corrected chi connectivity index (χ1v) is 10.0. The highest BCUT2D eigenvalue weighted by molar-refractivity contribution is 5.80. The van der Waals surface area contributed by atoms with Crippen molar-refractivity contribution < 1.29 is 42.9 Å². The first-order chi connectivity index (χ1) is 15.2. The molecule has 1 aromatic carbocycles. The van der Waals surface area contributed by atoms with E-state index >= 15 is 0 Å². The van der Waals surface area contributed by atoms with Gasteiger partial charge in [-0.25, -0.2) is 0 Å². The summed E-state index contributed by atoms with van der Waals surface area (Å²) in [5.74, 6) is -2.55. The van der Waals surface area contributed by atoms with E-state index in [2.05, 4.69) is 0 Å². The molecule has 2 heterocycles. The van der Waals surface area contributed by atoms with E-state index in [0.29, 0.717) is 0 Å². The molecule has 0 spiro atoms. The van der Waals surface area contributed by atoms with E-state index in [-0.39, 0.29) is 6.61 Å². The molecule has 3 rings (SSSR count). The molecule has 1 fully saturated rings. The minimum absolute atomic E-state index is 0.270. The zero-order valence-corrected chi connectivity index (χ0v) is 18.2. The maximum Gasteiger partial charge on any atom is 0.303 e. The maximum absolute atomic E-state index is 11.9. The largest absolute Gasteiger partial charge is 0.463 e. The summed E-state index contributed by atoms with van der Waals surface area (Å²) >= 11 is 0. The van der Waals surface area contributed by atoms with Gasteiger partial charge in [-0.05, 0) is 17.5 Å². The minimum atomic E-state index is -1.21. The van der Waals surface area contributed by atoms with Crippen LogP contribution < -0.4 is 0 Å². The summed E-state index contributed by atoms with van der Waals surface area (Å²) in [6, 6.07) is 9.31. The van der Waals surface area contributed by atoms with Gasteiger partial charge < -0.3 is 28.3 Å². The van der Waals surface area contributed by atoms with Crippen LogP contribution in [0.1, 0.15) is 33.9 Å². The Bertz CT molecular complexity index is 1010. The molecule has 0 amide bonds. The Morgan fingerprint density at radius 3 is 2.03 bits per heavy atom. The molecule has 0 bridgehead atoms.